The number of ether oxygens (including phenoxy) is 2. The Balaban J connectivity index is 0.00000484. The Morgan fingerprint density at radius 3 is 2.61 bits per heavy atom. The fraction of sp³-hybridized carbons (Fsp3) is 0.357. The number of rotatable bonds is 6. The van der Waals surface area contributed by atoms with E-state index in [0.717, 1.165) is 0 Å². The fourth-order valence-corrected chi connectivity index (χ4v) is 1.58. The Morgan fingerprint density at radius 1 is 1.30 bits per heavy atom. The van der Waals surface area contributed by atoms with Crippen molar-refractivity contribution in [1.82, 2.24) is 5.32 Å². The first kappa shape index (κ1) is 20.7. The van der Waals surface area contributed by atoms with Gasteiger partial charge in [0.05, 0.1) is 25.8 Å². The number of hydrogen-bond donors (Lipinski definition) is 3. The maximum absolute atomic E-state index is 11.7. The molecule has 0 aliphatic rings. The average molecular weight is 346 g/mol. The lowest BCUT2D eigenvalue weighted by Gasteiger charge is -2.10. The van der Waals surface area contributed by atoms with E-state index in [2.05, 4.69) is 21.1 Å². The van der Waals surface area contributed by atoms with Crippen molar-refractivity contribution in [3.63, 3.8) is 0 Å². The number of hydrogen-bond acceptors (Lipinski definition) is 5. The summed E-state index contributed by atoms with van der Waals surface area (Å²) in [6, 6.07) is 5.13. The molecule has 1 rings (SSSR count). The molecule has 2 amide bonds. The van der Waals surface area contributed by atoms with Gasteiger partial charge in [0.15, 0.2) is 0 Å². The van der Waals surface area contributed by atoms with Gasteiger partial charge in [-0.3, -0.25) is 0 Å². The minimum Gasteiger partial charge on any atom is -1.00 e. The number of benzene rings is 1. The molecule has 0 heterocycles. The van der Waals surface area contributed by atoms with Crippen LogP contribution in [0.2, 0.25) is 0 Å². The monoisotopic (exact) mass is 345 g/mol. The van der Waals surface area contributed by atoms with Crippen LogP contribution in [0.4, 0.5) is 10.5 Å². The van der Waals surface area contributed by atoms with Gasteiger partial charge in [0, 0.05) is 5.69 Å². The van der Waals surface area contributed by atoms with E-state index in [1.165, 1.54) is 13.2 Å². The van der Waals surface area contributed by atoms with Crippen LogP contribution in [0.25, 0.3) is 0 Å². The quantitative estimate of drug-likeness (QED) is 0.468. The van der Waals surface area contributed by atoms with Crippen LogP contribution in [0.15, 0.2) is 24.3 Å². The van der Waals surface area contributed by atoms with Gasteiger partial charge in [0.1, 0.15) is 0 Å². The van der Waals surface area contributed by atoms with Crippen LogP contribution in [0, 0.1) is 0 Å². The van der Waals surface area contributed by atoms with Gasteiger partial charge in [0.2, 0.25) is 6.04 Å². The van der Waals surface area contributed by atoms with Crippen molar-refractivity contribution < 1.29 is 42.0 Å². The van der Waals surface area contributed by atoms with Crippen LogP contribution in [-0.2, 0) is 14.3 Å². The summed E-state index contributed by atoms with van der Waals surface area (Å²) < 4.78 is 9.38. The molecule has 0 saturated heterocycles. The van der Waals surface area contributed by atoms with E-state index in [4.69, 9.17) is 4.74 Å². The van der Waals surface area contributed by atoms with Crippen LogP contribution in [0.1, 0.15) is 17.3 Å². The minimum atomic E-state index is -0.693. The average Bonchev–Trinajstić information content (AvgIpc) is 2.52. The number of nitrogens with one attached hydrogen (secondary N) is 2. The summed E-state index contributed by atoms with van der Waals surface area (Å²) in [5.74, 6) is -0.973. The number of esters is 2. The zero-order valence-corrected chi connectivity index (χ0v) is 13.7. The molecule has 0 bridgehead atoms. The highest BCUT2D eigenvalue weighted by Crippen LogP contribution is 2.11. The molecule has 1 aromatic carbocycles. The van der Waals surface area contributed by atoms with Crippen molar-refractivity contribution in [1.29, 1.82) is 0 Å². The topological polar surface area (TPSA) is 121 Å². The molecule has 0 spiro atoms. The molecule has 0 radical (unpaired) electrons. The van der Waals surface area contributed by atoms with Gasteiger partial charge < -0.3 is 38.2 Å². The Morgan fingerprint density at radius 2 is 2.00 bits per heavy atom. The third-order valence-corrected chi connectivity index (χ3v) is 2.68. The molecule has 0 fully saturated rings. The molecule has 1 aromatic rings. The first-order valence-electron chi connectivity index (χ1n) is 6.70. The lowest BCUT2D eigenvalue weighted by atomic mass is 10.2. The molecular formula is C14H20ClN3O5. The molecule has 23 heavy (non-hydrogen) atoms. The van der Waals surface area contributed by atoms with Gasteiger partial charge >= 0.3 is 18.0 Å². The molecular weight excluding hydrogens is 326 g/mol. The molecule has 0 aliphatic carbocycles. The molecule has 0 aliphatic heterocycles. The Bertz CT molecular complexity index is 553. The third-order valence-electron chi connectivity index (χ3n) is 2.68. The smallest absolute Gasteiger partial charge is 0.366 e. The van der Waals surface area contributed by atoms with Crippen molar-refractivity contribution in [3.8, 4) is 0 Å². The standard InChI is InChI=1S/C14H19N3O5.ClH/c1-3-22-12(18)9-5-4-6-10(7-9)17-14(20)16-8-11(15)13(19)21-2;/h4-7,11H,3,8,15H2,1-2H3,(H2,16,17,20);1H/t11-;/m0./s1. The molecule has 5 N–H and O–H groups in total. The van der Waals surface area contributed by atoms with Crippen LogP contribution >= 0.6 is 0 Å². The van der Waals surface area contributed by atoms with Gasteiger partial charge in [-0.15, -0.1) is 0 Å². The van der Waals surface area contributed by atoms with Crippen molar-refractivity contribution in [2.45, 2.75) is 13.0 Å². The predicted molar refractivity (Wildman–Crippen MR) is 78.1 cm³/mol. The minimum absolute atomic E-state index is 0. The fourth-order valence-electron chi connectivity index (χ4n) is 1.58. The van der Waals surface area contributed by atoms with E-state index in [1.54, 1.807) is 25.1 Å². The van der Waals surface area contributed by atoms with Gasteiger partial charge in [-0.2, -0.15) is 0 Å². The first-order valence-corrected chi connectivity index (χ1v) is 6.70. The SMILES string of the molecule is CCOC(=O)c1cccc(NC(=O)NC[C@H]([NH3+])C(=O)OC)c1.[Cl-]. The lowest BCUT2D eigenvalue weighted by Crippen LogP contribution is -3.00. The van der Waals surface area contributed by atoms with Gasteiger partial charge in [-0.1, -0.05) is 6.07 Å². The van der Waals surface area contributed by atoms with E-state index in [9.17, 15) is 14.4 Å². The molecule has 9 heteroatoms. The Hall–Kier alpha value is -2.32. The molecule has 0 unspecified atom stereocenters. The second kappa shape index (κ2) is 10.4. The molecule has 0 saturated carbocycles. The second-order valence-electron chi connectivity index (χ2n) is 4.36. The maximum Gasteiger partial charge on any atom is 0.366 e. The number of halogens is 1. The highest BCUT2D eigenvalue weighted by Gasteiger charge is 2.18. The molecule has 1 atom stereocenters. The Labute approximate surface area is 140 Å². The van der Waals surface area contributed by atoms with Gasteiger partial charge in [0.25, 0.3) is 0 Å². The molecule has 128 valence electrons. The number of amides is 2. The summed E-state index contributed by atoms with van der Waals surface area (Å²) in [5.41, 5.74) is 4.34. The summed E-state index contributed by atoms with van der Waals surface area (Å²) in [5, 5.41) is 5.04. The summed E-state index contributed by atoms with van der Waals surface area (Å²) >= 11 is 0. The van der Waals surface area contributed by atoms with Gasteiger partial charge in [-0.25, -0.2) is 14.4 Å². The van der Waals surface area contributed by atoms with Crippen molar-refractivity contribution in [2.75, 3.05) is 25.6 Å². The van der Waals surface area contributed by atoms with Crippen LogP contribution < -0.4 is 28.8 Å². The number of urea groups is 1. The summed E-state index contributed by atoms with van der Waals surface area (Å²) in [4.78, 5) is 34.5. The number of anilines is 1. The number of carbonyl (C=O) groups is 3. The zero-order chi connectivity index (χ0) is 16.5. The number of methoxy groups -OCH3 is 1. The molecule has 8 nitrogen and oxygen atoms in total. The number of quaternary nitrogens is 1. The summed E-state index contributed by atoms with van der Waals surface area (Å²) in [6.45, 7) is 2.02. The van der Waals surface area contributed by atoms with E-state index >= 15 is 0 Å². The zero-order valence-electron chi connectivity index (χ0n) is 12.9. The van der Waals surface area contributed by atoms with Crippen molar-refractivity contribution in [2.24, 2.45) is 0 Å². The Kier molecular flexibility index (Phi) is 9.36. The highest BCUT2D eigenvalue weighted by atomic mass is 35.5. The van der Waals surface area contributed by atoms with Gasteiger partial charge in [-0.05, 0) is 25.1 Å². The van der Waals surface area contributed by atoms with Crippen molar-refractivity contribution >= 4 is 23.7 Å². The van der Waals surface area contributed by atoms with Crippen molar-refractivity contribution in [3.05, 3.63) is 29.8 Å². The second-order valence-corrected chi connectivity index (χ2v) is 4.36. The largest absolute Gasteiger partial charge is 1.00 e. The highest BCUT2D eigenvalue weighted by molar-refractivity contribution is 5.94. The van der Waals surface area contributed by atoms with E-state index in [1.807, 2.05) is 0 Å². The third kappa shape index (κ3) is 6.98. The van der Waals surface area contributed by atoms with E-state index < -0.39 is 24.0 Å². The number of carbonyl (C=O) groups excluding carboxylic acids is 3. The summed E-state index contributed by atoms with van der Waals surface area (Å²) in [6.07, 6.45) is 0. The first-order chi connectivity index (χ1) is 10.5. The summed E-state index contributed by atoms with van der Waals surface area (Å²) in [7, 11) is 1.25. The van der Waals surface area contributed by atoms with Crippen LogP contribution in [0.3, 0.4) is 0 Å². The van der Waals surface area contributed by atoms with Crippen LogP contribution in [0.5, 0.6) is 0 Å². The van der Waals surface area contributed by atoms with E-state index in [-0.39, 0.29) is 25.6 Å². The molecule has 0 aromatic heterocycles. The lowest BCUT2D eigenvalue weighted by molar-refractivity contribution is -0.405. The predicted octanol–water partition coefficient (Wildman–Crippen LogP) is -3.23. The normalized spacial score (nSPS) is 10.7. The maximum atomic E-state index is 11.7. The van der Waals surface area contributed by atoms with E-state index in [0.29, 0.717) is 11.3 Å². The van der Waals surface area contributed by atoms with Crippen LogP contribution in [-0.4, -0.2) is 44.3 Å².